The summed E-state index contributed by atoms with van der Waals surface area (Å²) >= 11 is 2.04. The fourth-order valence-corrected chi connectivity index (χ4v) is 4.08. The Balaban J connectivity index is 1.90. The third-order valence-electron chi connectivity index (χ3n) is 3.78. The summed E-state index contributed by atoms with van der Waals surface area (Å²) in [7, 11) is 0. The smallest absolute Gasteiger partial charge is 0.222 e. The molecule has 1 fully saturated rings. The van der Waals surface area contributed by atoms with E-state index in [0.717, 1.165) is 22.5 Å². The van der Waals surface area contributed by atoms with Crippen LogP contribution in [0.3, 0.4) is 0 Å². The lowest BCUT2D eigenvalue weighted by Gasteiger charge is -2.21. The lowest BCUT2D eigenvalue weighted by atomic mass is 10.2. The van der Waals surface area contributed by atoms with Crippen LogP contribution in [0.2, 0.25) is 0 Å². The van der Waals surface area contributed by atoms with Gasteiger partial charge < -0.3 is 11.1 Å². The molecule has 3 N–H and O–H groups in total. The average molecular weight is 288 g/mol. The molecule has 1 saturated carbocycles. The molecule has 0 spiro atoms. The minimum atomic E-state index is 0.337. The second-order valence-electron chi connectivity index (χ2n) is 5.12. The maximum atomic E-state index is 5.82. The van der Waals surface area contributed by atoms with Crippen molar-refractivity contribution < 1.29 is 0 Å². The monoisotopic (exact) mass is 288 g/mol. The number of nitrogens with two attached hydrogens (primary N) is 1. The molecule has 1 aromatic heterocycles. The molecule has 0 aliphatic heterocycles. The van der Waals surface area contributed by atoms with E-state index < -0.39 is 0 Å². The molecule has 5 heteroatoms. The number of hydrogen-bond acceptors (Lipinski definition) is 5. The predicted molar refractivity (Wildman–Crippen MR) is 87.1 cm³/mol. The summed E-state index contributed by atoms with van der Waals surface area (Å²) in [6.45, 7) is 2.22. The fraction of sp³-hybridized carbons (Fsp3) is 0.467. The number of rotatable bonds is 4. The SMILES string of the molecule is CCSC1CCCC1Nc1nc(N)nc2ccccc12. The second kappa shape index (κ2) is 5.87. The number of nitrogen functional groups attached to an aromatic ring is 1. The van der Waals surface area contributed by atoms with Crippen LogP contribution in [0.4, 0.5) is 11.8 Å². The topological polar surface area (TPSA) is 63.8 Å². The summed E-state index contributed by atoms with van der Waals surface area (Å²) in [6, 6.07) is 8.50. The maximum Gasteiger partial charge on any atom is 0.222 e. The number of nitrogens with one attached hydrogen (secondary N) is 1. The lowest BCUT2D eigenvalue weighted by Crippen LogP contribution is -2.27. The van der Waals surface area contributed by atoms with Crippen molar-refractivity contribution >= 4 is 34.4 Å². The number of hydrogen-bond donors (Lipinski definition) is 2. The minimum Gasteiger partial charge on any atom is -0.368 e. The van der Waals surface area contributed by atoms with Gasteiger partial charge in [0.05, 0.1) is 5.52 Å². The summed E-state index contributed by atoms with van der Waals surface area (Å²) < 4.78 is 0. The average Bonchev–Trinajstić information content (AvgIpc) is 2.86. The van der Waals surface area contributed by atoms with E-state index in [9.17, 15) is 0 Å². The first-order valence-corrected chi connectivity index (χ1v) is 8.23. The highest BCUT2D eigenvalue weighted by atomic mass is 32.2. The van der Waals surface area contributed by atoms with Crippen molar-refractivity contribution in [2.24, 2.45) is 0 Å². The Morgan fingerprint density at radius 2 is 2.15 bits per heavy atom. The van der Waals surface area contributed by atoms with Crippen molar-refractivity contribution in [3.63, 3.8) is 0 Å². The molecule has 1 heterocycles. The van der Waals surface area contributed by atoms with Crippen LogP contribution >= 0.6 is 11.8 Å². The van der Waals surface area contributed by atoms with Gasteiger partial charge in [-0.3, -0.25) is 0 Å². The van der Waals surface area contributed by atoms with Crippen molar-refractivity contribution in [3.8, 4) is 0 Å². The second-order valence-corrected chi connectivity index (χ2v) is 6.64. The zero-order valence-corrected chi connectivity index (χ0v) is 12.5. The first-order valence-electron chi connectivity index (χ1n) is 7.18. The van der Waals surface area contributed by atoms with Gasteiger partial charge in [-0.25, -0.2) is 4.98 Å². The molecule has 1 aliphatic carbocycles. The molecule has 2 unspecified atom stereocenters. The van der Waals surface area contributed by atoms with E-state index in [1.165, 1.54) is 19.3 Å². The highest BCUT2D eigenvalue weighted by molar-refractivity contribution is 7.99. The van der Waals surface area contributed by atoms with E-state index in [1.54, 1.807) is 0 Å². The Kier molecular flexibility index (Phi) is 3.96. The predicted octanol–water partition coefficient (Wildman–Crippen LogP) is 3.30. The first-order chi connectivity index (χ1) is 9.78. The number of nitrogens with zero attached hydrogens (tertiary/aromatic N) is 2. The zero-order valence-electron chi connectivity index (χ0n) is 11.7. The van der Waals surface area contributed by atoms with Crippen molar-refractivity contribution in [2.45, 2.75) is 37.5 Å². The van der Waals surface area contributed by atoms with Crippen molar-refractivity contribution in [2.75, 3.05) is 16.8 Å². The quantitative estimate of drug-likeness (QED) is 0.903. The number of fused-ring (bicyclic) bond motifs is 1. The lowest BCUT2D eigenvalue weighted by molar-refractivity contribution is 0.764. The van der Waals surface area contributed by atoms with E-state index in [0.29, 0.717) is 17.2 Å². The molecule has 1 aromatic carbocycles. The fourth-order valence-electron chi connectivity index (χ4n) is 2.88. The Morgan fingerprint density at radius 3 is 3.00 bits per heavy atom. The summed E-state index contributed by atoms with van der Waals surface area (Å²) in [6.07, 6.45) is 3.78. The van der Waals surface area contributed by atoms with Gasteiger partial charge in [0, 0.05) is 16.7 Å². The Morgan fingerprint density at radius 1 is 1.30 bits per heavy atom. The summed E-state index contributed by atoms with van der Waals surface area (Å²) in [4.78, 5) is 8.69. The molecular weight excluding hydrogens is 268 g/mol. The van der Waals surface area contributed by atoms with Crippen LogP contribution in [0.1, 0.15) is 26.2 Å². The Labute approximate surface area is 123 Å². The zero-order chi connectivity index (χ0) is 13.9. The summed E-state index contributed by atoms with van der Waals surface area (Å²) in [5.74, 6) is 2.38. The number of aromatic nitrogens is 2. The van der Waals surface area contributed by atoms with Crippen LogP contribution in [-0.4, -0.2) is 27.0 Å². The Bertz CT molecular complexity index is 601. The number of anilines is 2. The van der Waals surface area contributed by atoms with Gasteiger partial charge in [-0.2, -0.15) is 16.7 Å². The molecule has 3 rings (SSSR count). The van der Waals surface area contributed by atoms with Crippen LogP contribution < -0.4 is 11.1 Å². The molecular formula is C15H20N4S. The molecule has 0 amide bonds. The van der Waals surface area contributed by atoms with Gasteiger partial charge in [0.25, 0.3) is 0 Å². The summed E-state index contributed by atoms with van der Waals surface area (Å²) in [5.41, 5.74) is 6.73. The third kappa shape index (κ3) is 2.68. The standard InChI is InChI=1S/C15H20N4S/c1-2-20-13-9-5-8-12(13)17-14-10-6-3-4-7-11(10)18-15(16)19-14/h3-4,6-7,12-13H,2,5,8-9H2,1H3,(H3,16,17,18,19). The molecule has 0 bridgehead atoms. The van der Waals surface area contributed by atoms with E-state index in [4.69, 9.17) is 5.73 Å². The summed E-state index contributed by atoms with van der Waals surface area (Å²) in [5, 5.41) is 5.33. The normalized spacial score (nSPS) is 22.2. The van der Waals surface area contributed by atoms with Crippen LogP contribution in [0.25, 0.3) is 10.9 Å². The number of para-hydroxylation sites is 1. The van der Waals surface area contributed by atoms with Crippen molar-refractivity contribution in [1.82, 2.24) is 9.97 Å². The highest BCUT2D eigenvalue weighted by Crippen LogP contribution is 2.33. The number of thioether (sulfide) groups is 1. The van der Waals surface area contributed by atoms with Crippen LogP contribution in [0.15, 0.2) is 24.3 Å². The minimum absolute atomic E-state index is 0.337. The van der Waals surface area contributed by atoms with Crippen molar-refractivity contribution in [1.29, 1.82) is 0 Å². The molecule has 4 nitrogen and oxygen atoms in total. The van der Waals surface area contributed by atoms with E-state index in [2.05, 4.69) is 22.2 Å². The molecule has 2 aromatic rings. The highest BCUT2D eigenvalue weighted by Gasteiger charge is 2.27. The van der Waals surface area contributed by atoms with Gasteiger partial charge in [0.1, 0.15) is 5.82 Å². The van der Waals surface area contributed by atoms with Gasteiger partial charge in [-0.1, -0.05) is 25.5 Å². The Hall–Kier alpha value is -1.49. The van der Waals surface area contributed by atoms with Gasteiger partial charge in [0.2, 0.25) is 5.95 Å². The molecule has 0 radical (unpaired) electrons. The molecule has 1 aliphatic rings. The van der Waals surface area contributed by atoms with E-state index >= 15 is 0 Å². The van der Waals surface area contributed by atoms with Crippen LogP contribution in [0, 0.1) is 0 Å². The third-order valence-corrected chi connectivity index (χ3v) is 5.10. The largest absolute Gasteiger partial charge is 0.368 e. The van der Waals surface area contributed by atoms with Gasteiger partial charge in [0.15, 0.2) is 0 Å². The van der Waals surface area contributed by atoms with Crippen LogP contribution in [-0.2, 0) is 0 Å². The van der Waals surface area contributed by atoms with Gasteiger partial charge in [-0.05, 0) is 30.7 Å². The van der Waals surface area contributed by atoms with Gasteiger partial charge in [-0.15, -0.1) is 0 Å². The first kappa shape index (κ1) is 13.5. The molecule has 0 saturated heterocycles. The van der Waals surface area contributed by atoms with E-state index in [-0.39, 0.29) is 0 Å². The molecule has 20 heavy (non-hydrogen) atoms. The molecule has 106 valence electrons. The molecule has 2 atom stereocenters. The van der Waals surface area contributed by atoms with Crippen LogP contribution in [0.5, 0.6) is 0 Å². The van der Waals surface area contributed by atoms with E-state index in [1.807, 2.05) is 36.0 Å². The maximum absolute atomic E-state index is 5.82. The van der Waals surface area contributed by atoms with Gasteiger partial charge >= 0.3 is 0 Å². The number of benzene rings is 1. The van der Waals surface area contributed by atoms with Crippen molar-refractivity contribution in [3.05, 3.63) is 24.3 Å².